The first-order valence-electron chi connectivity index (χ1n) is 7.35. The highest BCUT2D eigenvalue weighted by atomic mass is 32.2. The maximum Gasteiger partial charge on any atom is 0.446 e. The van der Waals surface area contributed by atoms with Crippen molar-refractivity contribution in [3.63, 3.8) is 0 Å². The number of alkyl halides is 3. The fourth-order valence-electron chi connectivity index (χ4n) is 3.26. The molecule has 1 aromatic carbocycles. The third-order valence-electron chi connectivity index (χ3n) is 4.16. The zero-order chi connectivity index (χ0) is 16.7. The fraction of sp³-hybridized carbons (Fsp3) is 0.571. The Kier molecular flexibility index (Phi) is 4.65. The first-order valence-corrected chi connectivity index (χ1v) is 9.65. The van der Waals surface area contributed by atoms with E-state index in [-0.39, 0.29) is 27.6 Å². The van der Waals surface area contributed by atoms with Crippen LogP contribution >= 0.6 is 11.8 Å². The van der Waals surface area contributed by atoms with Crippen LogP contribution in [0.2, 0.25) is 0 Å². The summed E-state index contributed by atoms with van der Waals surface area (Å²) in [7, 11) is -3.71. The van der Waals surface area contributed by atoms with Crippen LogP contribution in [0.25, 0.3) is 0 Å². The molecule has 2 aliphatic rings. The zero-order valence-corrected chi connectivity index (χ0v) is 13.8. The van der Waals surface area contributed by atoms with Gasteiger partial charge < -0.3 is 5.32 Å². The molecular formula is C14H17F3N2O2S2. The van der Waals surface area contributed by atoms with Gasteiger partial charge in [0.25, 0.3) is 0 Å². The normalized spacial score (nSPS) is 28.0. The summed E-state index contributed by atoms with van der Waals surface area (Å²) in [6.07, 6.45) is 3.62. The van der Waals surface area contributed by atoms with Crippen LogP contribution in [0.1, 0.15) is 25.7 Å². The van der Waals surface area contributed by atoms with E-state index in [9.17, 15) is 21.6 Å². The second kappa shape index (κ2) is 6.27. The van der Waals surface area contributed by atoms with Crippen LogP contribution in [-0.4, -0.2) is 32.1 Å². The quantitative estimate of drug-likeness (QED) is 0.805. The lowest BCUT2D eigenvalue weighted by molar-refractivity contribution is -0.0328. The van der Waals surface area contributed by atoms with Gasteiger partial charge in [-0.25, -0.2) is 13.1 Å². The summed E-state index contributed by atoms with van der Waals surface area (Å²) in [6, 6.07) is 5.37. The second-order valence-electron chi connectivity index (χ2n) is 5.95. The SMILES string of the molecule is O=S(=O)(NC1CC2CCC(C1)N2)c1ccc(SC(F)(F)F)cc1. The molecule has 2 heterocycles. The Morgan fingerprint density at radius 1 is 1.09 bits per heavy atom. The number of piperidine rings is 1. The molecule has 2 atom stereocenters. The summed E-state index contributed by atoms with van der Waals surface area (Å²) in [5, 5.41) is 3.43. The van der Waals surface area contributed by atoms with Crippen LogP contribution < -0.4 is 10.0 Å². The number of nitrogens with one attached hydrogen (secondary N) is 2. The standard InChI is InChI=1S/C14H17F3N2O2S2/c15-14(16,17)22-12-3-5-13(6-4-12)23(20,21)19-11-7-9-1-2-10(8-11)18-9/h3-6,9-11,18-19H,1-2,7-8H2. The summed E-state index contributed by atoms with van der Waals surface area (Å²) in [5.41, 5.74) is -4.38. The van der Waals surface area contributed by atoms with Gasteiger partial charge in [0, 0.05) is 23.0 Å². The van der Waals surface area contributed by atoms with Crippen LogP contribution in [0.4, 0.5) is 13.2 Å². The Bertz CT molecular complexity index is 650. The number of sulfonamides is 1. The molecule has 0 saturated carbocycles. The average Bonchev–Trinajstić information content (AvgIpc) is 2.76. The van der Waals surface area contributed by atoms with E-state index in [1.165, 1.54) is 24.3 Å². The van der Waals surface area contributed by atoms with Gasteiger partial charge >= 0.3 is 5.51 Å². The molecule has 0 radical (unpaired) electrons. The van der Waals surface area contributed by atoms with Gasteiger partial charge in [0.15, 0.2) is 0 Å². The number of thioether (sulfide) groups is 1. The maximum absolute atomic E-state index is 12.4. The smallest absolute Gasteiger partial charge is 0.311 e. The maximum atomic E-state index is 12.4. The van der Waals surface area contributed by atoms with Crippen LogP contribution in [0.5, 0.6) is 0 Å². The van der Waals surface area contributed by atoms with Crippen molar-refractivity contribution < 1.29 is 21.6 Å². The molecule has 2 N–H and O–H groups in total. The Morgan fingerprint density at radius 3 is 2.17 bits per heavy atom. The molecule has 1 aromatic rings. The van der Waals surface area contributed by atoms with Crippen LogP contribution in [0, 0.1) is 0 Å². The van der Waals surface area contributed by atoms with E-state index in [2.05, 4.69) is 10.0 Å². The van der Waals surface area contributed by atoms with E-state index in [4.69, 9.17) is 0 Å². The summed E-state index contributed by atoms with van der Waals surface area (Å²) >= 11 is -0.259. The van der Waals surface area contributed by atoms with E-state index >= 15 is 0 Å². The van der Waals surface area contributed by atoms with Gasteiger partial charge in [-0.05, 0) is 61.7 Å². The predicted molar refractivity (Wildman–Crippen MR) is 81.6 cm³/mol. The zero-order valence-electron chi connectivity index (χ0n) is 12.1. The van der Waals surface area contributed by atoms with Gasteiger partial charge in [-0.1, -0.05) is 0 Å². The van der Waals surface area contributed by atoms with Crippen LogP contribution in [0.15, 0.2) is 34.1 Å². The fourth-order valence-corrected chi connectivity index (χ4v) is 5.06. The monoisotopic (exact) mass is 366 g/mol. The van der Waals surface area contributed by atoms with Crippen molar-refractivity contribution in [2.24, 2.45) is 0 Å². The first-order chi connectivity index (χ1) is 10.7. The lowest BCUT2D eigenvalue weighted by Crippen LogP contribution is -2.47. The number of fused-ring (bicyclic) bond motifs is 2. The van der Waals surface area contributed by atoms with Gasteiger partial charge in [-0.15, -0.1) is 0 Å². The third-order valence-corrected chi connectivity index (χ3v) is 6.44. The molecule has 4 nitrogen and oxygen atoms in total. The van der Waals surface area contributed by atoms with E-state index < -0.39 is 15.5 Å². The lowest BCUT2D eigenvalue weighted by atomic mass is 10.0. The van der Waals surface area contributed by atoms with E-state index in [1.807, 2.05) is 0 Å². The van der Waals surface area contributed by atoms with Crippen molar-refractivity contribution in [1.82, 2.24) is 10.0 Å². The van der Waals surface area contributed by atoms with Crippen molar-refractivity contribution >= 4 is 21.8 Å². The van der Waals surface area contributed by atoms with Crippen molar-refractivity contribution in [1.29, 1.82) is 0 Å². The molecule has 2 saturated heterocycles. The number of benzene rings is 1. The lowest BCUT2D eigenvalue weighted by Gasteiger charge is -2.29. The number of halogens is 3. The van der Waals surface area contributed by atoms with Crippen molar-refractivity contribution in [2.45, 2.75) is 59.1 Å². The Balaban J connectivity index is 1.67. The Hall–Kier alpha value is -0.770. The highest BCUT2D eigenvalue weighted by Gasteiger charge is 2.35. The molecule has 9 heteroatoms. The van der Waals surface area contributed by atoms with Gasteiger partial charge in [-0.2, -0.15) is 13.2 Å². The molecule has 2 fully saturated rings. The molecule has 0 aromatic heterocycles. The van der Waals surface area contributed by atoms with Gasteiger partial charge in [-0.3, -0.25) is 0 Å². The molecule has 0 spiro atoms. The van der Waals surface area contributed by atoms with Crippen molar-refractivity contribution in [3.8, 4) is 0 Å². The summed E-state index contributed by atoms with van der Waals surface area (Å²) in [5.74, 6) is 0. The minimum absolute atomic E-state index is 0.00472. The Labute approximate surface area is 137 Å². The van der Waals surface area contributed by atoms with Gasteiger partial charge in [0.1, 0.15) is 0 Å². The number of hydrogen-bond donors (Lipinski definition) is 2. The molecular weight excluding hydrogens is 349 g/mol. The molecule has 2 aliphatic heterocycles. The molecule has 0 amide bonds. The molecule has 2 bridgehead atoms. The summed E-state index contributed by atoms with van der Waals surface area (Å²) in [4.78, 5) is -0.0359. The molecule has 23 heavy (non-hydrogen) atoms. The second-order valence-corrected chi connectivity index (χ2v) is 8.80. The minimum atomic E-state index is -4.38. The van der Waals surface area contributed by atoms with Crippen LogP contribution in [0.3, 0.4) is 0 Å². The average molecular weight is 366 g/mol. The third kappa shape index (κ3) is 4.40. The molecule has 128 valence electrons. The number of hydrogen-bond acceptors (Lipinski definition) is 4. The topological polar surface area (TPSA) is 58.2 Å². The van der Waals surface area contributed by atoms with E-state index in [0.29, 0.717) is 12.1 Å². The Morgan fingerprint density at radius 2 is 1.65 bits per heavy atom. The first kappa shape index (κ1) is 17.1. The highest BCUT2D eigenvalue weighted by Crippen LogP contribution is 2.37. The van der Waals surface area contributed by atoms with E-state index in [0.717, 1.165) is 25.7 Å². The van der Waals surface area contributed by atoms with Gasteiger partial charge in [0.2, 0.25) is 10.0 Å². The molecule has 3 rings (SSSR count). The highest BCUT2D eigenvalue weighted by molar-refractivity contribution is 8.00. The predicted octanol–water partition coefficient (Wildman–Crippen LogP) is 2.86. The molecule has 2 unspecified atom stereocenters. The van der Waals surface area contributed by atoms with Crippen molar-refractivity contribution in [2.75, 3.05) is 0 Å². The molecule has 0 aliphatic carbocycles. The largest absolute Gasteiger partial charge is 0.446 e. The summed E-state index contributed by atoms with van der Waals surface area (Å²) in [6.45, 7) is 0. The van der Waals surface area contributed by atoms with Crippen LogP contribution in [-0.2, 0) is 10.0 Å². The number of rotatable bonds is 4. The van der Waals surface area contributed by atoms with Crippen molar-refractivity contribution in [3.05, 3.63) is 24.3 Å². The van der Waals surface area contributed by atoms with Gasteiger partial charge in [0.05, 0.1) is 4.90 Å². The van der Waals surface area contributed by atoms with E-state index in [1.54, 1.807) is 0 Å². The summed E-state index contributed by atoms with van der Waals surface area (Å²) < 4.78 is 64.3. The minimum Gasteiger partial charge on any atom is -0.311 e.